The topological polar surface area (TPSA) is 62.9 Å². The van der Waals surface area contributed by atoms with Crippen molar-refractivity contribution in [1.82, 2.24) is 19.1 Å². The first-order valence-electron chi connectivity index (χ1n) is 10.9. The number of carbonyl (C=O) groups is 1. The molecule has 2 bridgehead atoms. The third-order valence-corrected chi connectivity index (χ3v) is 7.03. The van der Waals surface area contributed by atoms with Gasteiger partial charge in [0.05, 0.1) is 17.1 Å². The molecular formula is C23H24FN5O2. The molecule has 5 heterocycles. The zero-order valence-corrected chi connectivity index (χ0v) is 17.3. The standard InChI is InChI=1S/C23H24FN5O2/c1-26-7-5-14(9-22(26)30)15-8-21-20(4-6-25-28(21)11-15)27-12-16-2-3-17(13-27)29(16)23(31)18-10-19(18)24/h4-9,11,16-19H,2-3,10,12-13H2,1H3/t16?,17?,18-,19-/m1/s1. The fourth-order valence-corrected chi connectivity index (χ4v) is 5.22. The molecule has 3 aromatic heterocycles. The Morgan fingerprint density at radius 1 is 1.13 bits per heavy atom. The van der Waals surface area contributed by atoms with Crippen molar-refractivity contribution in [3.63, 3.8) is 0 Å². The van der Waals surface area contributed by atoms with Gasteiger partial charge in [-0.05, 0) is 43.0 Å². The molecule has 31 heavy (non-hydrogen) atoms. The Balaban J connectivity index is 1.31. The van der Waals surface area contributed by atoms with Crippen LogP contribution in [-0.4, -0.2) is 56.3 Å². The van der Waals surface area contributed by atoms with E-state index in [1.807, 2.05) is 27.7 Å². The van der Waals surface area contributed by atoms with Crippen LogP contribution in [0.5, 0.6) is 0 Å². The molecule has 4 atom stereocenters. The van der Waals surface area contributed by atoms with E-state index in [9.17, 15) is 14.0 Å². The predicted molar refractivity (Wildman–Crippen MR) is 115 cm³/mol. The molecule has 1 amide bonds. The molecule has 1 saturated carbocycles. The maximum Gasteiger partial charge on any atom is 0.250 e. The number of hydrogen-bond donors (Lipinski definition) is 0. The van der Waals surface area contributed by atoms with Crippen LogP contribution in [0.15, 0.2) is 47.7 Å². The molecule has 0 radical (unpaired) electrons. The highest BCUT2D eigenvalue weighted by Gasteiger charge is 2.51. The normalized spacial score (nSPS) is 27.2. The van der Waals surface area contributed by atoms with Gasteiger partial charge < -0.3 is 14.4 Å². The van der Waals surface area contributed by atoms with Crippen molar-refractivity contribution in [1.29, 1.82) is 0 Å². The lowest BCUT2D eigenvalue weighted by atomic mass is 10.1. The van der Waals surface area contributed by atoms with Crippen molar-refractivity contribution < 1.29 is 9.18 Å². The Morgan fingerprint density at radius 3 is 2.55 bits per heavy atom. The van der Waals surface area contributed by atoms with Gasteiger partial charge in [0.1, 0.15) is 6.17 Å². The second-order valence-corrected chi connectivity index (χ2v) is 9.03. The van der Waals surface area contributed by atoms with Crippen LogP contribution in [0.3, 0.4) is 0 Å². The lowest BCUT2D eigenvalue weighted by molar-refractivity contribution is -0.136. The van der Waals surface area contributed by atoms with E-state index in [0.717, 1.165) is 48.3 Å². The van der Waals surface area contributed by atoms with Crippen LogP contribution >= 0.6 is 0 Å². The highest BCUT2D eigenvalue weighted by atomic mass is 19.1. The zero-order chi connectivity index (χ0) is 21.3. The number of carbonyl (C=O) groups excluding carboxylic acids is 1. The summed E-state index contributed by atoms with van der Waals surface area (Å²) in [6.45, 7) is 1.50. The van der Waals surface area contributed by atoms with Gasteiger partial charge in [-0.2, -0.15) is 5.10 Å². The molecule has 2 unspecified atom stereocenters. The third-order valence-electron chi connectivity index (χ3n) is 7.03. The zero-order valence-electron chi connectivity index (χ0n) is 17.3. The number of piperazine rings is 1. The fraction of sp³-hybridized carbons (Fsp3) is 0.435. The maximum atomic E-state index is 13.5. The van der Waals surface area contributed by atoms with Crippen molar-refractivity contribution in [2.24, 2.45) is 13.0 Å². The van der Waals surface area contributed by atoms with E-state index in [1.165, 1.54) is 0 Å². The molecule has 2 saturated heterocycles. The molecule has 160 valence electrons. The maximum absolute atomic E-state index is 13.5. The highest BCUT2D eigenvalue weighted by molar-refractivity contribution is 5.84. The Hall–Kier alpha value is -3.16. The van der Waals surface area contributed by atoms with E-state index in [0.29, 0.717) is 6.42 Å². The SMILES string of the molecule is Cn1ccc(-c2cc3c(N4CC5CCC(C4)N5C(=O)[C@@H]4C[C@H]4F)ccnn3c2)cc1=O. The number of pyridine rings is 1. The monoisotopic (exact) mass is 421 g/mol. The Labute approximate surface area is 178 Å². The van der Waals surface area contributed by atoms with Gasteiger partial charge in [-0.15, -0.1) is 0 Å². The predicted octanol–water partition coefficient (Wildman–Crippen LogP) is 2.24. The van der Waals surface area contributed by atoms with Crippen molar-refractivity contribution in [3.8, 4) is 11.1 Å². The first-order chi connectivity index (χ1) is 15.0. The summed E-state index contributed by atoms with van der Waals surface area (Å²) >= 11 is 0. The molecule has 7 nitrogen and oxygen atoms in total. The van der Waals surface area contributed by atoms with Gasteiger partial charge in [-0.3, -0.25) is 9.59 Å². The number of aryl methyl sites for hydroxylation is 1. The summed E-state index contributed by atoms with van der Waals surface area (Å²) in [7, 11) is 1.73. The lowest BCUT2D eigenvalue weighted by Crippen LogP contribution is -2.56. The van der Waals surface area contributed by atoms with Crippen LogP contribution in [0, 0.1) is 5.92 Å². The van der Waals surface area contributed by atoms with E-state index in [4.69, 9.17) is 0 Å². The minimum Gasteiger partial charge on any atom is -0.366 e. The van der Waals surface area contributed by atoms with Crippen molar-refractivity contribution in [2.45, 2.75) is 37.5 Å². The van der Waals surface area contributed by atoms with Crippen molar-refractivity contribution >= 4 is 17.1 Å². The minimum absolute atomic E-state index is 0.00940. The van der Waals surface area contributed by atoms with Gasteiger partial charge in [0.2, 0.25) is 5.91 Å². The Bertz CT molecular complexity index is 1240. The molecule has 6 rings (SSSR count). The number of alkyl halides is 1. The van der Waals surface area contributed by atoms with E-state index in [2.05, 4.69) is 16.1 Å². The largest absolute Gasteiger partial charge is 0.366 e. The van der Waals surface area contributed by atoms with E-state index in [1.54, 1.807) is 30.1 Å². The number of rotatable bonds is 3. The first-order valence-corrected chi connectivity index (χ1v) is 10.9. The van der Waals surface area contributed by atoms with Crippen LogP contribution in [0.25, 0.3) is 16.6 Å². The summed E-state index contributed by atoms with van der Waals surface area (Å²) < 4.78 is 16.9. The van der Waals surface area contributed by atoms with Crippen molar-refractivity contribution in [3.05, 3.63) is 53.2 Å². The molecule has 2 aliphatic heterocycles. The average molecular weight is 421 g/mol. The minimum atomic E-state index is -0.946. The van der Waals surface area contributed by atoms with Crippen LogP contribution in [-0.2, 0) is 11.8 Å². The molecule has 0 aromatic carbocycles. The fourth-order valence-electron chi connectivity index (χ4n) is 5.22. The molecular weight excluding hydrogens is 397 g/mol. The van der Waals surface area contributed by atoms with Gasteiger partial charge in [0.15, 0.2) is 0 Å². The lowest BCUT2D eigenvalue weighted by Gasteiger charge is -2.42. The molecule has 0 N–H and O–H groups in total. The number of hydrogen-bond acceptors (Lipinski definition) is 4. The van der Waals surface area contributed by atoms with E-state index >= 15 is 0 Å². The summed E-state index contributed by atoms with van der Waals surface area (Å²) in [4.78, 5) is 29.1. The third kappa shape index (κ3) is 2.96. The summed E-state index contributed by atoms with van der Waals surface area (Å²) in [5.41, 5.74) is 3.80. The number of anilines is 1. The van der Waals surface area contributed by atoms with E-state index in [-0.39, 0.29) is 23.6 Å². The second-order valence-electron chi connectivity index (χ2n) is 9.03. The second kappa shape index (κ2) is 6.67. The number of fused-ring (bicyclic) bond motifs is 3. The number of amides is 1. The van der Waals surface area contributed by atoms with Crippen LogP contribution in [0.4, 0.5) is 10.1 Å². The Morgan fingerprint density at radius 2 is 1.87 bits per heavy atom. The average Bonchev–Trinajstić information content (AvgIpc) is 3.22. The molecule has 3 fully saturated rings. The highest BCUT2D eigenvalue weighted by Crippen LogP contribution is 2.41. The van der Waals surface area contributed by atoms with Crippen LogP contribution < -0.4 is 10.5 Å². The summed E-state index contributed by atoms with van der Waals surface area (Å²) in [6.07, 6.45) is 6.88. The van der Waals surface area contributed by atoms with Crippen LogP contribution in [0.2, 0.25) is 0 Å². The van der Waals surface area contributed by atoms with E-state index < -0.39 is 12.1 Å². The molecule has 0 spiro atoms. The van der Waals surface area contributed by atoms with Gasteiger partial charge in [0, 0.05) is 62.4 Å². The Kier molecular flexibility index (Phi) is 4.00. The summed E-state index contributed by atoms with van der Waals surface area (Å²) in [5, 5.41) is 4.46. The smallest absolute Gasteiger partial charge is 0.250 e. The number of halogens is 1. The summed E-state index contributed by atoms with van der Waals surface area (Å²) in [6, 6.07) is 7.91. The van der Waals surface area contributed by atoms with Crippen LogP contribution in [0.1, 0.15) is 19.3 Å². The summed E-state index contributed by atoms with van der Waals surface area (Å²) in [5.74, 6) is -0.399. The number of aromatic nitrogens is 3. The molecule has 3 aromatic rings. The molecule has 3 aliphatic rings. The number of nitrogens with zero attached hydrogens (tertiary/aromatic N) is 5. The molecule has 8 heteroatoms. The van der Waals surface area contributed by atoms with Gasteiger partial charge >= 0.3 is 0 Å². The van der Waals surface area contributed by atoms with Gasteiger partial charge in [0.25, 0.3) is 5.56 Å². The quantitative estimate of drug-likeness (QED) is 0.651. The van der Waals surface area contributed by atoms with Crippen molar-refractivity contribution in [2.75, 3.05) is 18.0 Å². The van der Waals surface area contributed by atoms with Gasteiger partial charge in [-0.25, -0.2) is 8.91 Å². The van der Waals surface area contributed by atoms with Gasteiger partial charge in [-0.1, -0.05) is 0 Å². The first kappa shape index (κ1) is 18.6. The molecule has 1 aliphatic carbocycles.